The zero-order chi connectivity index (χ0) is 9.14. The minimum absolute atomic E-state index is 0.346. The van der Waals surface area contributed by atoms with Crippen molar-refractivity contribution in [3.05, 3.63) is 35.6 Å². The molecule has 0 bridgehead atoms. The van der Waals surface area contributed by atoms with E-state index in [1.807, 2.05) is 0 Å². The summed E-state index contributed by atoms with van der Waals surface area (Å²) in [7, 11) is 0. The zero-order valence-corrected chi connectivity index (χ0v) is 6.29. The number of halogens is 1. The van der Waals surface area contributed by atoms with E-state index in [1.54, 1.807) is 0 Å². The molecule has 0 heterocycles. The van der Waals surface area contributed by atoms with Crippen LogP contribution in [0, 0.1) is 11.2 Å². The van der Waals surface area contributed by atoms with E-state index in [0.29, 0.717) is 5.56 Å². The normalized spacial score (nSPS) is 12.5. The predicted molar refractivity (Wildman–Crippen MR) is 43.3 cm³/mol. The molecule has 0 aliphatic rings. The second-order valence-corrected chi connectivity index (χ2v) is 2.41. The van der Waals surface area contributed by atoms with Gasteiger partial charge in [-0.15, -0.1) is 0 Å². The standard InChI is InChI=1S/C8H9FN2O/c9-6-3-1-5(2-4-6)7(12)8(10)11/h1-4,7,12H,(H3,10,11). The van der Waals surface area contributed by atoms with Crippen LogP contribution < -0.4 is 5.73 Å². The maximum Gasteiger partial charge on any atom is 0.135 e. The summed E-state index contributed by atoms with van der Waals surface area (Å²) in [6.45, 7) is 0. The van der Waals surface area contributed by atoms with Gasteiger partial charge in [0.05, 0.1) is 0 Å². The second kappa shape index (κ2) is 3.32. The van der Waals surface area contributed by atoms with Gasteiger partial charge >= 0.3 is 0 Å². The van der Waals surface area contributed by atoms with Crippen molar-refractivity contribution in [1.82, 2.24) is 0 Å². The lowest BCUT2D eigenvalue weighted by molar-refractivity contribution is 0.245. The van der Waals surface area contributed by atoms with Crippen LogP contribution in [0.25, 0.3) is 0 Å². The molecule has 4 N–H and O–H groups in total. The van der Waals surface area contributed by atoms with Crippen LogP contribution in [0.5, 0.6) is 0 Å². The fourth-order valence-corrected chi connectivity index (χ4v) is 0.825. The van der Waals surface area contributed by atoms with Crippen LogP contribution in [-0.2, 0) is 0 Å². The van der Waals surface area contributed by atoms with Crippen molar-refractivity contribution in [2.24, 2.45) is 5.73 Å². The molecule has 12 heavy (non-hydrogen) atoms. The Kier molecular flexibility index (Phi) is 2.40. The highest BCUT2D eigenvalue weighted by Crippen LogP contribution is 2.12. The summed E-state index contributed by atoms with van der Waals surface area (Å²) < 4.78 is 12.4. The predicted octanol–water partition coefficient (Wildman–Crippen LogP) is 0.795. The topological polar surface area (TPSA) is 70.1 Å². The Morgan fingerprint density at radius 3 is 2.33 bits per heavy atom. The number of benzene rings is 1. The molecule has 1 atom stereocenters. The molecule has 0 saturated heterocycles. The number of hydrogen-bond acceptors (Lipinski definition) is 2. The molecule has 1 rings (SSSR count). The van der Waals surface area contributed by atoms with Gasteiger partial charge in [-0.1, -0.05) is 12.1 Å². The monoisotopic (exact) mass is 168 g/mol. The molecule has 0 amide bonds. The smallest absolute Gasteiger partial charge is 0.135 e. The average Bonchev–Trinajstić information content (AvgIpc) is 2.04. The molecule has 0 aliphatic carbocycles. The van der Waals surface area contributed by atoms with Crippen molar-refractivity contribution in [1.29, 1.82) is 5.41 Å². The first-order valence-electron chi connectivity index (χ1n) is 3.38. The van der Waals surface area contributed by atoms with Gasteiger partial charge in [0.1, 0.15) is 17.8 Å². The largest absolute Gasteiger partial charge is 0.385 e. The SMILES string of the molecule is N=C(N)C(O)c1ccc(F)cc1. The van der Waals surface area contributed by atoms with E-state index in [0.717, 1.165) is 0 Å². The Morgan fingerprint density at radius 2 is 1.92 bits per heavy atom. The number of rotatable bonds is 2. The van der Waals surface area contributed by atoms with Gasteiger partial charge in [0.15, 0.2) is 0 Å². The van der Waals surface area contributed by atoms with Crippen LogP contribution >= 0.6 is 0 Å². The molecule has 3 nitrogen and oxygen atoms in total. The molecule has 1 aromatic rings. The van der Waals surface area contributed by atoms with Gasteiger partial charge in [0.25, 0.3) is 0 Å². The van der Waals surface area contributed by atoms with E-state index in [-0.39, 0.29) is 11.7 Å². The first kappa shape index (κ1) is 8.67. The highest BCUT2D eigenvalue weighted by Gasteiger charge is 2.09. The Labute approximate surface area is 69.1 Å². The number of nitrogens with one attached hydrogen (secondary N) is 1. The lowest BCUT2D eigenvalue weighted by Crippen LogP contribution is -2.19. The number of aliphatic hydroxyl groups is 1. The van der Waals surface area contributed by atoms with Crippen molar-refractivity contribution in [2.45, 2.75) is 6.10 Å². The van der Waals surface area contributed by atoms with E-state index in [9.17, 15) is 9.50 Å². The van der Waals surface area contributed by atoms with Gasteiger partial charge in [0.2, 0.25) is 0 Å². The molecule has 0 aromatic heterocycles. The van der Waals surface area contributed by atoms with Crippen molar-refractivity contribution in [2.75, 3.05) is 0 Å². The highest BCUT2D eigenvalue weighted by molar-refractivity contribution is 5.82. The number of amidine groups is 1. The fourth-order valence-electron chi connectivity index (χ4n) is 0.825. The third-order valence-electron chi connectivity index (χ3n) is 1.48. The molecule has 0 saturated carbocycles. The van der Waals surface area contributed by atoms with Crippen molar-refractivity contribution >= 4 is 5.84 Å². The van der Waals surface area contributed by atoms with Crippen molar-refractivity contribution in [3.8, 4) is 0 Å². The van der Waals surface area contributed by atoms with Crippen LogP contribution in [-0.4, -0.2) is 10.9 Å². The van der Waals surface area contributed by atoms with E-state index in [4.69, 9.17) is 11.1 Å². The Balaban J connectivity index is 2.89. The molecule has 0 aliphatic heterocycles. The van der Waals surface area contributed by atoms with E-state index in [2.05, 4.69) is 0 Å². The van der Waals surface area contributed by atoms with Gasteiger partial charge < -0.3 is 10.8 Å². The summed E-state index contributed by atoms with van der Waals surface area (Å²) >= 11 is 0. The molecule has 0 spiro atoms. The van der Waals surface area contributed by atoms with Gasteiger partial charge in [0, 0.05) is 0 Å². The molecule has 64 valence electrons. The van der Waals surface area contributed by atoms with E-state index in [1.165, 1.54) is 24.3 Å². The Morgan fingerprint density at radius 1 is 1.42 bits per heavy atom. The third-order valence-corrected chi connectivity index (χ3v) is 1.48. The molecule has 1 aromatic carbocycles. The summed E-state index contributed by atoms with van der Waals surface area (Å²) in [6.07, 6.45) is -1.13. The number of hydrogen-bond donors (Lipinski definition) is 3. The van der Waals surface area contributed by atoms with E-state index < -0.39 is 6.10 Å². The summed E-state index contributed by atoms with van der Waals surface area (Å²) in [5.41, 5.74) is 5.47. The third kappa shape index (κ3) is 1.79. The average molecular weight is 168 g/mol. The first-order valence-corrected chi connectivity index (χ1v) is 3.38. The highest BCUT2D eigenvalue weighted by atomic mass is 19.1. The Bertz CT molecular complexity index is 284. The summed E-state index contributed by atoms with van der Waals surface area (Å²) in [5.74, 6) is -0.726. The van der Waals surface area contributed by atoms with Gasteiger partial charge in [-0.05, 0) is 17.7 Å². The molecule has 4 heteroatoms. The minimum atomic E-state index is -1.13. The minimum Gasteiger partial charge on any atom is -0.385 e. The quantitative estimate of drug-likeness (QED) is 0.451. The van der Waals surface area contributed by atoms with Gasteiger partial charge in [-0.2, -0.15) is 0 Å². The second-order valence-electron chi connectivity index (χ2n) is 2.41. The van der Waals surface area contributed by atoms with E-state index >= 15 is 0 Å². The Hall–Kier alpha value is -1.42. The van der Waals surface area contributed by atoms with Gasteiger partial charge in [-0.25, -0.2) is 4.39 Å². The lowest BCUT2D eigenvalue weighted by atomic mass is 10.1. The van der Waals surface area contributed by atoms with Gasteiger partial charge in [-0.3, -0.25) is 5.41 Å². The maximum atomic E-state index is 12.4. The summed E-state index contributed by atoms with van der Waals surface area (Å²) in [6, 6.07) is 5.20. The van der Waals surface area contributed by atoms with Crippen molar-refractivity contribution in [3.63, 3.8) is 0 Å². The number of nitrogens with two attached hydrogens (primary N) is 1. The molecule has 0 radical (unpaired) electrons. The number of aliphatic hydroxyl groups excluding tert-OH is 1. The molecular formula is C8H9FN2O. The zero-order valence-electron chi connectivity index (χ0n) is 6.29. The lowest BCUT2D eigenvalue weighted by Gasteiger charge is -2.07. The first-order chi connectivity index (χ1) is 5.61. The van der Waals surface area contributed by atoms with Crippen LogP contribution in [0.1, 0.15) is 11.7 Å². The maximum absolute atomic E-state index is 12.4. The van der Waals surface area contributed by atoms with Crippen LogP contribution in [0.2, 0.25) is 0 Å². The van der Waals surface area contributed by atoms with Crippen molar-refractivity contribution < 1.29 is 9.50 Å². The molecular weight excluding hydrogens is 159 g/mol. The molecule has 1 unspecified atom stereocenters. The van der Waals surface area contributed by atoms with Crippen LogP contribution in [0.4, 0.5) is 4.39 Å². The fraction of sp³-hybridized carbons (Fsp3) is 0.125. The summed E-state index contributed by atoms with van der Waals surface area (Å²) in [5, 5.41) is 16.1. The van der Waals surface area contributed by atoms with Crippen LogP contribution in [0.15, 0.2) is 24.3 Å². The molecule has 0 fully saturated rings. The van der Waals surface area contributed by atoms with Crippen LogP contribution in [0.3, 0.4) is 0 Å². The summed E-state index contributed by atoms with van der Waals surface area (Å²) in [4.78, 5) is 0.